The van der Waals surface area contributed by atoms with Crippen LogP contribution in [0.4, 0.5) is 0 Å². The monoisotopic (exact) mass is 266 g/mol. The first-order chi connectivity index (χ1) is 6.84. The second-order valence-corrected chi connectivity index (χ2v) is 5.95. The zero-order valence-electron chi connectivity index (χ0n) is 7.33. The maximum atomic E-state index is 5.98. The van der Waals surface area contributed by atoms with Gasteiger partial charge in [-0.1, -0.05) is 0 Å². The summed E-state index contributed by atoms with van der Waals surface area (Å²) in [7, 11) is 0. The molecule has 14 heavy (non-hydrogen) atoms. The van der Waals surface area contributed by atoms with Gasteiger partial charge in [0.1, 0.15) is 0 Å². The molecule has 0 amide bonds. The van der Waals surface area contributed by atoms with E-state index in [1.54, 1.807) is 0 Å². The molecule has 0 atom stereocenters. The van der Waals surface area contributed by atoms with Crippen LogP contribution >= 0.6 is 11.6 Å². The van der Waals surface area contributed by atoms with E-state index in [0.717, 1.165) is 5.02 Å². The second kappa shape index (κ2) is 3.13. The van der Waals surface area contributed by atoms with E-state index in [-0.39, 0.29) is 0 Å². The summed E-state index contributed by atoms with van der Waals surface area (Å²) in [4.78, 5) is 0. The number of benzene rings is 2. The molecule has 0 bridgehead atoms. The summed E-state index contributed by atoms with van der Waals surface area (Å²) < 4.78 is 2.88. The molecule has 0 N–H and O–H groups in total. The van der Waals surface area contributed by atoms with Crippen LogP contribution in [-0.4, -0.2) is 14.5 Å². The van der Waals surface area contributed by atoms with Gasteiger partial charge in [0.05, 0.1) is 0 Å². The normalized spacial score (nSPS) is 11.2. The van der Waals surface area contributed by atoms with Crippen LogP contribution in [0, 0.1) is 0 Å². The van der Waals surface area contributed by atoms with Gasteiger partial charge in [-0.2, -0.15) is 0 Å². The molecule has 2 aromatic carbocycles. The molecule has 3 aromatic rings. The number of hydrogen-bond acceptors (Lipinski definition) is 0. The molecule has 0 aliphatic carbocycles. The van der Waals surface area contributed by atoms with Crippen molar-refractivity contribution < 1.29 is 0 Å². The number of hydrogen-bond donors (Lipinski definition) is 0. The van der Waals surface area contributed by atoms with Gasteiger partial charge in [0.25, 0.3) is 0 Å². The van der Waals surface area contributed by atoms with Crippen molar-refractivity contribution in [3.8, 4) is 0 Å². The van der Waals surface area contributed by atoms with E-state index in [0.29, 0.717) is 14.5 Å². The summed E-state index contributed by atoms with van der Waals surface area (Å²) in [6, 6.07) is 14.8. The van der Waals surface area contributed by atoms with Crippen molar-refractivity contribution in [1.29, 1.82) is 0 Å². The van der Waals surface area contributed by atoms with Crippen LogP contribution in [0.2, 0.25) is 5.02 Å². The Bertz CT molecular complexity index is 610. The fourth-order valence-corrected chi connectivity index (χ4v) is 4.42. The Morgan fingerprint density at radius 3 is 2.57 bits per heavy atom. The third-order valence-corrected chi connectivity index (χ3v) is 4.95. The average molecular weight is 266 g/mol. The van der Waals surface area contributed by atoms with E-state index in [1.165, 1.54) is 19.3 Å². The fraction of sp³-hybridized carbons (Fsp3) is 0. The first kappa shape index (κ1) is 8.55. The molecule has 0 unspecified atom stereocenters. The summed E-state index contributed by atoms with van der Waals surface area (Å²) in [5.74, 6) is 0. The van der Waals surface area contributed by atoms with Crippen molar-refractivity contribution >= 4 is 45.4 Å². The number of halogens is 1. The molecular weight excluding hydrogens is 259 g/mol. The molecule has 0 spiro atoms. The SMILES string of the molecule is Clc1ccc2c(c1)[se]c1ccccc12. The fourth-order valence-electron chi connectivity index (χ4n) is 1.70. The Morgan fingerprint density at radius 2 is 1.64 bits per heavy atom. The summed E-state index contributed by atoms with van der Waals surface area (Å²) >= 11 is 6.42. The van der Waals surface area contributed by atoms with Gasteiger partial charge in [0, 0.05) is 0 Å². The predicted molar refractivity (Wildman–Crippen MR) is 63.4 cm³/mol. The predicted octanol–water partition coefficient (Wildman–Crippen LogP) is 3.70. The van der Waals surface area contributed by atoms with Gasteiger partial charge in [0.15, 0.2) is 0 Å². The van der Waals surface area contributed by atoms with Gasteiger partial charge in [-0.25, -0.2) is 0 Å². The standard InChI is InChI=1S/C12H7ClSe/c13-8-5-6-10-9-3-1-2-4-11(9)14-12(10)7-8/h1-7H. The molecule has 0 nitrogen and oxygen atoms in total. The first-order valence-corrected chi connectivity index (χ1v) is 6.50. The Hall–Kier alpha value is -0.751. The molecule has 0 radical (unpaired) electrons. The van der Waals surface area contributed by atoms with E-state index in [1.807, 2.05) is 6.07 Å². The van der Waals surface area contributed by atoms with Gasteiger partial charge in [-0.3, -0.25) is 0 Å². The van der Waals surface area contributed by atoms with Crippen molar-refractivity contribution in [2.45, 2.75) is 0 Å². The minimum absolute atomic E-state index is 0.441. The summed E-state index contributed by atoms with van der Waals surface area (Å²) in [6.45, 7) is 0. The summed E-state index contributed by atoms with van der Waals surface area (Å²) in [5.41, 5.74) is 0. The van der Waals surface area contributed by atoms with E-state index >= 15 is 0 Å². The number of fused-ring (bicyclic) bond motifs is 3. The van der Waals surface area contributed by atoms with Gasteiger partial charge in [-0.15, -0.1) is 0 Å². The van der Waals surface area contributed by atoms with Gasteiger partial charge in [0.2, 0.25) is 0 Å². The molecule has 0 fully saturated rings. The third-order valence-electron chi connectivity index (χ3n) is 2.34. The molecule has 1 heterocycles. The number of rotatable bonds is 0. The molecule has 1 aromatic heterocycles. The third kappa shape index (κ3) is 1.21. The van der Waals surface area contributed by atoms with E-state index in [4.69, 9.17) is 11.6 Å². The van der Waals surface area contributed by atoms with Crippen molar-refractivity contribution in [1.82, 2.24) is 0 Å². The van der Waals surface area contributed by atoms with E-state index < -0.39 is 0 Å². The second-order valence-electron chi connectivity index (χ2n) is 3.24. The Morgan fingerprint density at radius 1 is 0.857 bits per heavy atom. The molecule has 68 valence electrons. The maximum absolute atomic E-state index is 5.98. The van der Waals surface area contributed by atoms with Crippen LogP contribution in [0.15, 0.2) is 42.5 Å². The van der Waals surface area contributed by atoms with Gasteiger partial charge < -0.3 is 0 Å². The molecule has 0 saturated heterocycles. The summed E-state index contributed by atoms with van der Waals surface area (Å²) in [5, 5.41) is 3.60. The molecular formula is C12H7ClSe. The van der Waals surface area contributed by atoms with Crippen LogP contribution < -0.4 is 0 Å². The van der Waals surface area contributed by atoms with Crippen LogP contribution in [0.3, 0.4) is 0 Å². The average Bonchev–Trinajstić information content (AvgIpc) is 2.54. The van der Waals surface area contributed by atoms with Crippen molar-refractivity contribution in [2.24, 2.45) is 0 Å². The molecule has 0 saturated carbocycles. The molecule has 3 rings (SSSR count). The first-order valence-electron chi connectivity index (χ1n) is 4.41. The zero-order valence-corrected chi connectivity index (χ0v) is 9.80. The summed E-state index contributed by atoms with van der Waals surface area (Å²) in [6.07, 6.45) is 0. The minimum atomic E-state index is 0.441. The molecule has 0 aliphatic heterocycles. The Balaban J connectivity index is 2.57. The quantitative estimate of drug-likeness (QED) is 0.544. The molecule has 0 aliphatic rings. The molecule has 2 heteroatoms. The van der Waals surface area contributed by atoms with Crippen LogP contribution in [-0.2, 0) is 0 Å². The van der Waals surface area contributed by atoms with Crippen molar-refractivity contribution in [3.05, 3.63) is 47.5 Å². The van der Waals surface area contributed by atoms with Crippen LogP contribution in [0.5, 0.6) is 0 Å². The van der Waals surface area contributed by atoms with Crippen molar-refractivity contribution in [3.63, 3.8) is 0 Å². The van der Waals surface area contributed by atoms with Gasteiger partial charge >= 0.3 is 92.9 Å². The van der Waals surface area contributed by atoms with Crippen molar-refractivity contribution in [2.75, 3.05) is 0 Å². The Kier molecular flexibility index (Phi) is 1.91. The Labute approximate surface area is 92.9 Å². The van der Waals surface area contributed by atoms with Crippen LogP contribution in [0.1, 0.15) is 0 Å². The van der Waals surface area contributed by atoms with E-state index in [9.17, 15) is 0 Å². The van der Waals surface area contributed by atoms with Crippen LogP contribution in [0.25, 0.3) is 19.3 Å². The van der Waals surface area contributed by atoms with Gasteiger partial charge in [-0.05, 0) is 0 Å². The zero-order chi connectivity index (χ0) is 9.54. The topological polar surface area (TPSA) is 0 Å². The van der Waals surface area contributed by atoms with E-state index in [2.05, 4.69) is 36.4 Å².